The Bertz CT molecular complexity index is 452. The quantitative estimate of drug-likeness (QED) is 0.856. The second kappa shape index (κ2) is 4.39. The Kier molecular flexibility index (Phi) is 2.95. The largest absolute Gasteiger partial charge is 0.444 e. The summed E-state index contributed by atoms with van der Waals surface area (Å²) in [5.41, 5.74) is 3.30. The summed E-state index contributed by atoms with van der Waals surface area (Å²) in [5.74, 6) is 1.62. The van der Waals surface area contributed by atoms with Crippen LogP contribution in [0.15, 0.2) is 28.7 Å². The molecule has 16 heavy (non-hydrogen) atoms. The van der Waals surface area contributed by atoms with Crippen LogP contribution in [0.3, 0.4) is 0 Å². The molecule has 84 valence electrons. The summed E-state index contributed by atoms with van der Waals surface area (Å²) in [4.78, 5) is 4.31. The zero-order chi connectivity index (χ0) is 11.5. The Morgan fingerprint density at radius 2 is 1.81 bits per heavy atom. The number of oxazole rings is 1. The Labute approximate surface area is 95.5 Å². The average Bonchev–Trinajstić information content (AvgIpc) is 2.58. The van der Waals surface area contributed by atoms with E-state index >= 15 is 0 Å². The number of aryl methyl sites for hydroxylation is 3. The molecule has 0 aliphatic heterocycles. The topological polar surface area (TPSA) is 38.1 Å². The molecule has 3 heteroatoms. The van der Waals surface area contributed by atoms with Gasteiger partial charge in [-0.1, -0.05) is 17.7 Å². The number of hydrogen-bond acceptors (Lipinski definition) is 3. The third kappa shape index (κ3) is 2.42. The first-order valence-electron chi connectivity index (χ1n) is 5.38. The molecule has 1 aromatic carbocycles. The first kappa shape index (κ1) is 10.7. The van der Waals surface area contributed by atoms with Gasteiger partial charge in [0.2, 0.25) is 5.89 Å². The molecular formula is C13H16N2O. The minimum Gasteiger partial charge on any atom is -0.444 e. The van der Waals surface area contributed by atoms with Crippen LogP contribution in [0.5, 0.6) is 0 Å². The van der Waals surface area contributed by atoms with Crippen molar-refractivity contribution < 1.29 is 4.42 Å². The van der Waals surface area contributed by atoms with Gasteiger partial charge in [0.15, 0.2) is 0 Å². The molecule has 1 heterocycles. The van der Waals surface area contributed by atoms with Gasteiger partial charge in [-0.3, -0.25) is 0 Å². The van der Waals surface area contributed by atoms with Gasteiger partial charge < -0.3 is 9.73 Å². The van der Waals surface area contributed by atoms with E-state index in [2.05, 4.69) is 41.5 Å². The molecule has 0 fully saturated rings. The molecule has 1 aromatic heterocycles. The molecule has 2 rings (SSSR count). The van der Waals surface area contributed by atoms with Crippen LogP contribution in [0.1, 0.15) is 22.9 Å². The number of nitrogens with one attached hydrogen (secondary N) is 1. The summed E-state index contributed by atoms with van der Waals surface area (Å²) < 4.78 is 5.49. The van der Waals surface area contributed by atoms with Crippen molar-refractivity contribution in [3.63, 3.8) is 0 Å². The van der Waals surface area contributed by atoms with Crippen LogP contribution in [0.4, 0.5) is 5.69 Å². The number of benzene rings is 1. The van der Waals surface area contributed by atoms with E-state index in [1.165, 1.54) is 5.56 Å². The summed E-state index contributed by atoms with van der Waals surface area (Å²) in [6.45, 7) is 6.58. The van der Waals surface area contributed by atoms with E-state index in [1.54, 1.807) is 0 Å². The first-order valence-corrected chi connectivity index (χ1v) is 5.38. The maximum atomic E-state index is 5.49. The van der Waals surface area contributed by atoms with Crippen molar-refractivity contribution in [2.45, 2.75) is 27.3 Å². The zero-order valence-corrected chi connectivity index (χ0v) is 9.87. The molecule has 0 aliphatic rings. The smallest absolute Gasteiger partial charge is 0.213 e. The molecule has 0 saturated carbocycles. The predicted molar refractivity (Wildman–Crippen MR) is 64.5 cm³/mol. The number of rotatable bonds is 3. The predicted octanol–water partition coefficient (Wildman–Crippen LogP) is 3.21. The Balaban J connectivity index is 1.99. The Hall–Kier alpha value is -1.77. The highest BCUT2D eigenvalue weighted by Gasteiger charge is 2.04. The summed E-state index contributed by atoms with van der Waals surface area (Å²) >= 11 is 0. The highest BCUT2D eigenvalue weighted by Crippen LogP contribution is 2.12. The third-order valence-corrected chi connectivity index (χ3v) is 2.57. The summed E-state index contributed by atoms with van der Waals surface area (Å²) in [5, 5.41) is 3.27. The van der Waals surface area contributed by atoms with Crippen LogP contribution in [0, 0.1) is 20.8 Å². The Morgan fingerprint density at radius 1 is 1.12 bits per heavy atom. The van der Waals surface area contributed by atoms with Gasteiger partial charge in [-0.15, -0.1) is 0 Å². The van der Waals surface area contributed by atoms with Gasteiger partial charge in [-0.25, -0.2) is 4.98 Å². The highest BCUT2D eigenvalue weighted by atomic mass is 16.4. The van der Waals surface area contributed by atoms with Crippen LogP contribution >= 0.6 is 0 Å². The standard InChI is InChI=1S/C13H16N2O/c1-9-4-6-12(7-5-9)14-8-13-15-10(2)11(3)16-13/h4-7,14H,8H2,1-3H3. The molecule has 3 nitrogen and oxygen atoms in total. The van der Waals surface area contributed by atoms with Crippen LogP contribution in [0.2, 0.25) is 0 Å². The summed E-state index contributed by atoms with van der Waals surface area (Å²) in [6, 6.07) is 8.26. The van der Waals surface area contributed by atoms with Gasteiger partial charge in [0.05, 0.1) is 12.2 Å². The normalized spacial score (nSPS) is 10.4. The molecule has 0 atom stereocenters. The van der Waals surface area contributed by atoms with Gasteiger partial charge >= 0.3 is 0 Å². The lowest BCUT2D eigenvalue weighted by Crippen LogP contribution is -1.99. The van der Waals surface area contributed by atoms with Gasteiger partial charge in [-0.2, -0.15) is 0 Å². The van der Waals surface area contributed by atoms with Crippen molar-refractivity contribution >= 4 is 5.69 Å². The van der Waals surface area contributed by atoms with Crippen molar-refractivity contribution in [2.75, 3.05) is 5.32 Å². The maximum absolute atomic E-state index is 5.49. The van der Waals surface area contributed by atoms with Crippen molar-refractivity contribution in [3.05, 3.63) is 47.2 Å². The van der Waals surface area contributed by atoms with Crippen LogP contribution < -0.4 is 5.32 Å². The molecule has 0 unspecified atom stereocenters. The zero-order valence-electron chi connectivity index (χ0n) is 9.87. The molecule has 0 radical (unpaired) electrons. The van der Waals surface area contributed by atoms with Gasteiger partial charge in [0.1, 0.15) is 5.76 Å². The van der Waals surface area contributed by atoms with E-state index in [-0.39, 0.29) is 0 Å². The van der Waals surface area contributed by atoms with E-state index < -0.39 is 0 Å². The van der Waals surface area contributed by atoms with Gasteiger partial charge in [-0.05, 0) is 32.9 Å². The number of hydrogen-bond donors (Lipinski definition) is 1. The summed E-state index contributed by atoms with van der Waals surface area (Å²) in [7, 11) is 0. The SMILES string of the molecule is Cc1ccc(NCc2nc(C)c(C)o2)cc1. The van der Waals surface area contributed by atoms with Crippen LogP contribution in [0.25, 0.3) is 0 Å². The minimum atomic E-state index is 0.623. The molecular weight excluding hydrogens is 200 g/mol. The fourth-order valence-electron chi connectivity index (χ4n) is 1.46. The van der Waals surface area contributed by atoms with Gasteiger partial charge in [0.25, 0.3) is 0 Å². The van der Waals surface area contributed by atoms with E-state index in [1.807, 2.05) is 13.8 Å². The first-order chi connectivity index (χ1) is 7.65. The van der Waals surface area contributed by atoms with Crippen molar-refractivity contribution in [1.29, 1.82) is 0 Å². The molecule has 0 bridgehead atoms. The molecule has 1 N–H and O–H groups in total. The lowest BCUT2D eigenvalue weighted by atomic mass is 10.2. The van der Waals surface area contributed by atoms with Crippen molar-refractivity contribution in [1.82, 2.24) is 4.98 Å². The lowest BCUT2D eigenvalue weighted by Gasteiger charge is -2.03. The fraction of sp³-hybridized carbons (Fsp3) is 0.308. The van der Waals surface area contributed by atoms with Crippen molar-refractivity contribution in [2.24, 2.45) is 0 Å². The highest BCUT2D eigenvalue weighted by molar-refractivity contribution is 5.44. The molecule has 0 amide bonds. The van der Waals surface area contributed by atoms with Crippen LogP contribution in [-0.2, 0) is 6.54 Å². The second-order valence-corrected chi connectivity index (χ2v) is 3.97. The number of aromatic nitrogens is 1. The molecule has 0 saturated heterocycles. The molecule has 0 spiro atoms. The van der Waals surface area contributed by atoms with Gasteiger partial charge in [0, 0.05) is 5.69 Å². The van der Waals surface area contributed by atoms with E-state index in [0.29, 0.717) is 6.54 Å². The van der Waals surface area contributed by atoms with E-state index in [0.717, 1.165) is 23.0 Å². The minimum absolute atomic E-state index is 0.623. The number of anilines is 1. The van der Waals surface area contributed by atoms with E-state index in [9.17, 15) is 0 Å². The van der Waals surface area contributed by atoms with Crippen LogP contribution in [-0.4, -0.2) is 4.98 Å². The average molecular weight is 216 g/mol. The Morgan fingerprint density at radius 3 is 2.38 bits per heavy atom. The fourth-order valence-corrected chi connectivity index (χ4v) is 1.46. The number of nitrogens with zero attached hydrogens (tertiary/aromatic N) is 1. The summed E-state index contributed by atoms with van der Waals surface area (Å²) in [6.07, 6.45) is 0. The second-order valence-electron chi connectivity index (χ2n) is 3.97. The van der Waals surface area contributed by atoms with Crippen molar-refractivity contribution in [3.8, 4) is 0 Å². The van der Waals surface area contributed by atoms with E-state index in [4.69, 9.17) is 4.42 Å². The molecule has 0 aliphatic carbocycles. The molecule has 2 aromatic rings. The third-order valence-electron chi connectivity index (χ3n) is 2.57. The monoisotopic (exact) mass is 216 g/mol. The maximum Gasteiger partial charge on any atom is 0.213 e. The lowest BCUT2D eigenvalue weighted by molar-refractivity contribution is 0.478.